The fraction of sp³-hybridized carbons (Fsp3) is 0.348. The van der Waals surface area contributed by atoms with Crippen molar-refractivity contribution in [3.63, 3.8) is 0 Å². The molecular weight excluding hydrogens is 393 g/mol. The fourth-order valence-corrected chi connectivity index (χ4v) is 3.80. The Morgan fingerprint density at radius 1 is 1.03 bits per heavy atom. The van der Waals surface area contributed by atoms with Gasteiger partial charge >= 0.3 is 0 Å². The molecule has 4 rings (SSSR count). The Bertz CT molecular complexity index is 1040. The zero-order valence-electron chi connectivity index (χ0n) is 18.0. The van der Waals surface area contributed by atoms with Crippen molar-refractivity contribution >= 4 is 11.5 Å². The van der Waals surface area contributed by atoms with E-state index in [-0.39, 0.29) is 17.0 Å². The van der Waals surface area contributed by atoms with Gasteiger partial charge in [-0.15, -0.1) is 10.2 Å². The average molecular weight is 422 g/mol. The van der Waals surface area contributed by atoms with Crippen molar-refractivity contribution < 1.29 is 4.39 Å². The number of nitrogens with one attached hydrogen (secondary N) is 2. The lowest BCUT2D eigenvalue weighted by atomic mass is 10.0. The lowest BCUT2D eigenvalue weighted by Crippen LogP contribution is -2.45. The Hall–Kier alpha value is -3.10. The predicted octanol–water partition coefficient (Wildman–Crippen LogP) is 2.70. The van der Waals surface area contributed by atoms with Crippen LogP contribution in [0.15, 0.2) is 48.7 Å². The molecule has 2 N–H and O–H groups in total. The third kappa shape index (κ3) is 4.65. The number of rotatable bonds is 7. The van der Waals surface area contributed by atoms with E-state index in [1.165, 1.54) is 0 Å². The van der Waals surface area contributed by atoms with Gasteiger partial charge in [-0.3, -0.25) is 10.3 Å². The molecule has 1 aliphatic heterocycles. The van der Waals surface area contributed by atoms with Gasteiger partial charge in [-0.25, -0.2) is 4.39 Å². The van der Waals surface area contributed by atoms with E-state index < -0.39 is 5.82 Å². The summed E-state index contributed by atoms with van der Waals surface area (Å²) in [5, 5.41) is 20.4. The number of aromatic nitrogens is 3. The van der Waals surface area contributed by atoms with Crippen LogP contribution in [-0.2, 0) is 7.05 Å². The van der Waals surface area contributed by atoms with Crippen LogP contribution >= 0.6 is 0 Å². The minimum Gasteiger partial charge on any atom is -0.367 e. The van der Waals surface area contributed by atoms with E-state index in [4.69, 9.17) is 5.41 Å². The van der Waals surface area contributed by atoms with Gasteiger partial charge in [-0.1, -0.05) is 30.3 Å². The molecule has 0 saturated carbocycles. The van der Waals surface area contributed by atoms with Crippen molar-refractivity contribution in [3.05, 3.63) is 65.7 Å². The third-order valence-electron chi connectivity index (χ3n) is 5.73. The van der Waals surface area contributed by atoms with Crippen LogP contribution < -0.4 is 5.32 Å². The molecule has 3 aromatic rings. The van der Waals surface area contributed by atoms with Crippen LogP contribution in [0.1, 0.15) is 11.3 Å². The second kappa shape index (κ2) is 9.36. The van der Waals surface area contributed by atoms with Crippen molar-refractivity contribution in [2.75, 3.05) is 51.6 Å². The molecule has 1 aromatic carbocycles. The van der Waals surface area contributed by atoms with E-state index in [1.807, 2.05) is 37.5 Å². The highest BCUT2D eigenvalue weighted by Crippen LogP contribution is 2.27. The minimum atomic E-state index is -0.533. The summed E-state index contributed by atoms with van der Waals surface area (Å²) in [5.41, 5.74) is 1.64. The summed E-state index contributed by atoms with van der Waals surface area (Å²) in [7, 11) is 3.97. The fourth-order valence-electron chi connectivity index (χ4n) is 3.80. The number of benzene rings is 1. The monoisotopic (exact) mass is 421 g/mol. The van der Waals surface area contributed by atoms with E-state index in [2.05, 4.69) is 32.4 Å². The van der Waals surface area contributed by atoms with Gasteiger partial charge in [0.2, 0.25) is 0 Å². The van der Waals surface area contributed by atoms with Gasteiger partial charge in [0, 0.05) is 58.1 Å². The lowest BCUT2D eigenvalue weighted by Gasteiger charge is -2.32. The molecule has 0 radical (unpaired) electrons. The molecule has 0 atom stereocenters. The Morgan fingerprint density at radius 2 is 1.77 bits per heavy atom. The first-order valence-corrected chi connectivity index (χ1v) is 10.5. The van der Waals surface area contributed by atoms with Crippen LogP contribution in [0.3, 0.4) is 0 Å². The van der Waals surface area contributed by atoms with Crippen LogP contribution in [0.2, 0.25) is 0 Å². The summed E-state index contributed by atoms with van der Waals surface area (Å²) in [6.07, 6.45) is 1.84. The third-order valence-corrected chi connectivity index (χ3v) is 5.73. The maximum atomic E-state index is 15.7. The molecule has 1 aliphatic rings. The largest absolute Gasteiger partial charge is 0.367 e. The predicted molar refractivity (Wildman–Crippen MR) is 121 cm³/mol. The molecule has 0 amide bonds. The van der Waals surface area contributed by atoms with Gasteiger partial charge in [0.1, 0.15) is 5.69 Å². The molecule has 0 aliphatic carbocycles. The smallest absolute Gasteiger partial charge is 0.164 e. The van der Waals surface area contributed by atoms with Crippen molar-refractivity contribution in [3.8, 4) is 11.3 Å². The maximum Gasteiger partial charge on any atom is 0.164 e. The highest BCUT2D eigenvalue weighted by molar-refractivity contribution is 6.13. The van der Waals surface area contributed by atoms with E-state index in [0.29, 0.717) is 23.6 Å². The Kier molecular flexibility index (Phi) is 6.39. The number of piperazine rings is 1. The summed E-state index contributed by atoms with van der Waals surface area (Å²) < 4.78 is 17.5. The first kappa shape index (κ1) is 21.1. The number of likely N-dealkylation sites (N-methyl/N-ethyl adjacent to an activating group) is 1. The Balaban J connectivity index is 1.62. The molecule has 31 heavy (non-hydrogen) atoms. The van der Waals surface area contributed by atoms with E-state index in [1.54, 1.807) is 22.8 Å². The van der Waals surface area contributed by atoms with Crippen LogP contribution in [0.4, 0.5) is 10.2 Å². The molecule has 0 unspecified atom stereocenters. The van der Waals surface area contributed by atoms with Crippen molar-refractivity contribution in [2.24, 2.45) is 7.05 Å². The molecule has 162 valence electrons. The van der Waals surface area contributed by atoms with Gasteiger partial charge in [-0.2, -0.15) is 0 Å². The van der Waals surface area contributed by atoms with Crippen LogP contribution in [0, 0.1) is 11.2 Å². The number of halogens is 1. The SMILES string of the molecule is CN1CCN(CCNc2nnc(-c3ccccc3)c(F)c2C(=N)c2cccn2C)CC1. The number of aryl methyl sites for hydroxylation is 1. The molecular formula is C23H28FN7. The molecule has 2 aromatic heterocycles. The van der Waals surface area contributed by atoms with Crippen LogP contribution in [-0.4, -0.2) is 76.6 Å². The van der Waals surface area contributed by atoms with Gasteiger partial charge < -0.3 is 14.8 Å². The summed E-state index contributed by atoms with van der Waals surface area (Å²) in [4.78, 5) is 4.68. The Morgan fingerprint density at radius 3 is 2.45 bits per heavy atom. The van der Waals surface area contributed by atoms with Crippen molar-refractivity contribution in [1.82, 2.24) is 24.6 Å². The average Bonchev–Trinajstić information content (AvgIpc) is 3.21. The first-order valence-electron chi connectivity index (χ1n) is 10.5. The topological polar surface area (TPSA) is 73.1 Å². The van der Waals surface area contributed by atoms with Gasteiger partial charge in [0.25, 0.3) is 0 Å². The highest BCUT2D eigenvalue weighted by atomic mass is 19.1. The number of anilines is 1. The molecule has 7 nitrogen and oxygen atoms in total. The second-order valence-electron chi connectivity index (χ2n) is 7.90. The molecule has 0 bridgehead atoms. The van der Waals surface area contributed by atoms with Crippen LogP contribution in [0.5, 0.6) is 0 Å². The minimum absolute atomic E-state index is 0.0826. The molecule has 1 saturated heterocycles. The molecule has 1 fully saturated rings. The first-order chi connectivity index (χ1) is 15.0. The number of hydrogen-bond donors (Lipinski definition) is 2. The second-order valence-corrected chi connectivity index (χ2v) is 7.90. The summed E-state index contributed by atoms with van der Waals surface area (Å²) in [6, 6.07) is 12.8. The van der Waals surface area contributed by atoms with E-state index in [9.17, 15) is 0 Å². The van der Waals surface area contributed by atoms with Crippen LogP contribution in [0.25, 0.3) is 11.3 Å². The molecule has 0 spiro atoms. The summed E-state index contributed by atoms with van der Waals surface area (Å²) in [5.74, 6) is -0.230. The summed E-state index contributed by atoms with van der Waals surface area (Å²) in [6.45, 7) is 5.55. The van der Waals surface area contributed by atoms with Gasteiger partial charge in [0.15, 0.2) is 11.6 Å². The summed E-state index contributed by atoms with van der Waals surface area (Å²) >= 11 is 0. The van der Waals surface area contributed by atoms with Gasteiger partial charge in [0.05, 0.1) is 17.0 Å². The zero-order chi connectivity index (χ0) is 21.8. The van der Waals surface area contributed by atoms with Crippen molar-refractivity contribution in [1.29, 1.82) is 5.41 Å². The quantitative estimate of drug-likeness (QED) is 0.574. The number of nitrogens with zero attached hydrogens (tertiary/aromatic N) is 5. The van der Waals surface area contributed by atoms with Crippen molar-refractivity contribution in [2.45, 2.75) is 0 Å². The Labute approximate surface area is 182 Å². The normalized spacial score (nSPS) is 15.2. The molecule has 3 heterocycles. The van der Waals surface area contributed by atoms with E-state index >= 15 is 4.39 Å². The standard InChI is InChI=1S/C23H28FN7/c1-29-13-15-31(16-14-29)12-10-26-23-19(21(25)18-9-6-11-30(18)2)20(24)22(27-28-23)17-7-4-3-5-8-17/h3-9,11,25H,10,12-16H2,1-2H3,(H,26,28). The maximum absolute atomic E-state index is 15.7. The van der Waals surface area contributed by atoms with E-state index in [0.717, 1.165) is 32.7 Å². The highest BCUT2D eigenvalue weighted by Gasteiger charge is 2.23. The number of hydrogen-bond acceptors (Lipinski definition) is 6. The van der Waals surface area contributed by atoms with Gasteiger partial charge in [-0.05, 0) is 19.2 Å². The molecule has 8 heteroatoms. The lowest BCUT2D eigenvalue weighted by molar-refractivity contribution is 0.158. The zero-order valence-corrected chi connectivity index (χ0v) is 18.0.